The zero-order chi connectivity index (χ0) is 16.0. The van der Waals surface area contributed by atoms with Crippen LogP contribution in [0.15, 0.2) is 36.7 Å². The smallest absolute Gasteiger partial charge is 0.235 e. The van der Waals surface area contributed by atoms with Crippen LogP contribution >= 0.6 is 11.3 Å². The van der Waals surface area contributed by atoms with Gasteiger partial charge in [-0.1, -0.05) is 11.3 Å². The van der Waals surface area contributed by atoms with E-state index in [1.807, 2.05) is 0 Å². The van der Waals surface area contributed by atoms with Crippen molar-refractivity contribution in [3.63, 3.8) is 0 Å². The van der Waals surface area contributed by atoms with Crippen LogP contribution in [0, 0.1) is 17.5 Å². The maximum absolute atomic E-state index is 13.4. The molecule has 4 rings (SSSR count). The molecule has 0 unspecified atom stereocenters. The van der Waals surface area contributed by atoms with Crippen LogP contribution in [0.1, 0.15) is 0 Å². The van der Waals surface area contributed by atoms with Gasteiger partial charge in [0, 0.05) is 23.5 Å². The maximum atomic E-state index is 13.4. The van der Waals surface area contributed by atoms with Gasteiger partial charge < -0.3 is 0 Å². The van der Waals surface area contributed by atoms with E-state index in [-0.39, 0.29) is 5.56 Å². The van der Waals surface area contributed by atoms with E-state index in [4.69, 9.17) is 0 Å². The Kier molecular flexibility index (Phi) is 3.08. The standard InChI is InChI=1S/C14H6F3N5S/c15-9-4-8(5-10(16)11(9)17)13-21-22-12(19-20-14(22)23-13)7-2-1-3-18-6-7/h1-6H. The number of benzene rings is 1. The molecule has 5 nitrogen and oxygen atoms in total. The third kappa shape index (κ3) is 2.25. The quantitative estimate of drug-likeness (QED) is 0.528. The van der Waals surface area contributed by atoms with E-state index in [9.17, 15) is 13.2 Å². The Balaban J connectivity index is 1.86. The van der Waals surface area contributed by atoms with Gasteiger partial charge >= 0.3 is 0 Å². The van der Waals surface area contributed by atoms with Gasteiger partial charge in [-0.3, -0.25) is 4.98 Å². The molecule has 0 atom stereocenters. The van der Waals surface area contributed by atoms with Crippen molar-refractivity contribution in [3.8, 4) is 22.0 Å². The van der Waals surface area contributed by atoms with Crippen molar-refractivity contribution in [3.05, 3.63) is 54.1 Å². The topological polar surface area (TPSA) is 56.0 Å². The highest BCUT2D eigenvalue weighted by atomic mass is 32.1. The van der Waals surface area contributed by atoms with Gasteiger partial charge in [-0.25, -0.2) is 13.2 Å². The molecule has 0 aliphatic carbocycles. The number of hydrogen-bond acceptors (Lipinski definition) is 5. The molecule has 0 N–H and O–H groups in total. The molecule has 0 saturated carbocycles. The zero-order valence-corrected chi connectivity index (χ0v) is 12.1. The lowest BCUT2D eigenvalue weighted by molar-refractivity contribution is 0.447. The predicted octanol–water partition coefficient (Wildman–Crippen LogP) is 3.33. The summed E-state index contributed by atoms with van der Waals surface area (Å²) in [5.41, 5.74) is 0.836. The molecular weight excluding hydrogens is 327 g/mol. The third-order valence-corrected chi connectivity index (χ3v) is 4.09. The average Bonchev–Trinajstić information content (AvgIpc) is 3.13. The lowest BCUT2D eigenvalue weighted by Crippen LogP contribution is -1.94. The second kappa shape index (κ2) is 5.13. The molecule has 0 amide bonds. The maximum Gasteiger partial charge on any atom is 0.235 e. The van der Waals surface area contributed by atoms with Gasteiger partial charge in [-0.15, -0.1) is 10.2 Å². The van der Waals surface area contributed by atoms with Gasteiger partial charge in [0.15, 0.2) is 23.3 Å². The first kappa shape index (κ1) is 13.8. The molecule has 0 spiro atoms. The minimum absolute atomic E-state index is 0.133. The summed E-state index contributed by atoms with van der Waals surface area (Å²) in [7, 11) is 0. The Morgan fingerprint density at radius 3 is 2.48 bits per heavy atom. The van der Waals surface area contributed by atoms with Crippen LogP contribution < -0.4 is 0 Å². The number of pyridine rings is 1. The van der Waals surface area contributed by atoms with Crippen LogP contribution in [0.2, 0.25) is 0 Å². The highest BCUT2D eigenvalue weighted by Gasteiger charge is 2.17. The van der Waals surface area contributed by atoms with Crippen molar-refractivity contribution in [2.45, 2.75) is 0 Å². The molecule has 114 valence electrons. The SMILES string of the molecule is Fc1cc(-c2nn3c(-c4cccnc4)nnc3s2)cc(F)c1F. The van der Waals surface area contributed by atoms with Crippen LogP contribution in [-0.4, -0.2) is 24.8 Å². The van der Waals surface area contributed by atoms with Crippen molar-refractivity contribution in [1.82, 2.24) is 24.8 Å². The van der Waals surface area contributed by atoms with Gasteiger partial charge in [-0.2, -0.15) is 9.61 Å². The summed E-state index contributed by atoms with van der Waals surface area (Å²) in [6.07, 6.45) is 3.23. The molecule has 9 heteroatoms. The minimum Gasteiger partial charge on any atom is -0.264 e. The predicted molar refractivity (Wildman–Crippen MR) is 77.2 cm³/mol. The number of aromatic nitrogens is 5. The Bertz CT molecular complexity index is 989. The van der Waals surface area contributed by atoms with Crippen molar-refractivity contribution in [2.24, 2.45) is 0 Å². The Labute approximate surface area is 131 Å². The summed E-state index contributed by atoms with van der Waals surface area (Å²) in [6.45, 7) is 0. The number of halogens is 3. The number of nitrogens with zero attached hydrogens (tertiary/aromatic N) is 5. The Hall–Kier alpha value is -2.81. The summed E-state index contributed by atoms with van der Waals surface area (Å²) in [5.74, 6) is -3.58. The average molecular weight is 333 g/mol. The molecule has 1 aromatic carbocycles. The highest BCUT2D eigenvalue weighted by Crippen LogP contribution is 2.29. The molecule has 0 aliphatic heterocycles. The molecule has 4 aromatic rings. The van der Waals surface area contributed by atoms with E-state index in [0.717, 1.165) is 23.5 Å². The molecule has 0 aliphatic rings. The van der Waals surface area contributed by atoms with Crippen LogP contribution in [0.5, 0.6) is 0 Å². The summed E-state index contributed by atoms with van der Waals surface area (Å²) < 4.78 is 41.2. The lowest BCUT2D eigenvalue weighted by Gasteiger charge is -1.99. The van der Waals surface area contributed by atoms with Crippen LogP contribution in [-0.2, 0) is 0 Å². The summed E-state index contributed by atoms with van der Waals surface area (Å²) in [5, 5.41) is 12.6. The fraction of sp³-hybridized carbons (Fsp3) is 0. The van der Waals surface area contributed by atoms with Crippen LogP contribution in [0.4, 0.5) is 13.2 Å². The number of hydrogen-bond donors (Lipinski definition) is 0. The van der Waals surface area contributed by atoms with Crippen LogP contribution in [0.25, 0.3) is 26.9 Å². The summed E-state index contributed by atoms with van der Waals surface area (Å²) >= 11 is 1.09. The zero-order valence-electron chi connectivity index (χ0n) is 11.2. The molecule has 0 bridgehead atoms. The van der Waals surface area contributed by atoms with E-state index in [0.29, 0.717) is 21.4 Å². The monoisotopic (exact) mass is 333 g/mol. The normalized spacial score (nSPS) is 11.3. The second-order valence-electron chi connectivity index (χ2n) is 4.62. The number of rotatable bonds is 2. The Morgan fingerprint density at radius 2 is 1.78 bits per heavy atom. The fourth-order valence-corrected chi connectivity index (χ4v) is 2.91. The summed E-state index contributed by atoms with van der Waals surface area (Å²) in [6, 6.07) is 5.33. The second-order valence-corrected chi connectivity index (χ2v) is 5.58. The van der Waals surface area contributed by atoms with Gasteiger partial charge in [-0.05, 0) is 24.3 Å². The molecule has 0 radical (unpaired) electrons. The van der Waals surface area contributed by atoms with Crippen LogP contribution in [0.3, 0.4) is 0 Å². The molecule has 0 saturated heterocycles. The molecular formula is C14H6F3N5S. The molecule has 3 heterocycles. The fourth-order valence-electron chi connectivity index (χ4n) is 2.09. The largest absolute Gasteiger partial charge is 0.264 e. The van der Waals surface area contributed by atoms with Gasteiger partial charge in [0.2, 0.25) is 4.96 Å². The third-order valence-electron chi connectivity index (χ3n) is 3.14. The first-order valence-corrected chi connectivity index (χ1v) is 7.22. The van der Waals surface area contributed by atoms with Gasteiger partial charge in [0.05, 0.1) is 0 Å². The van der Waals surface area contributed by atoms with E-state index >= 15 is 0 Å². The van der Waals surface area contributed by atoms with Crippen molar-refractivity contribution < 1.29 is 13.2 Å². The van der Waals surface area contributed by atoms with Gasteiger partial charge in [0.25, 0.3) is 0 Å². The van der Waals surface area contributed by atoms with E-state index in [1.165, 1.54) is 4.52 Å². The van der Waals surface area contributed by atoms with Crippen molar-refractivity contribution in [1.29, 1.82) is 0 Å². The minimum atomic E-state index is -1.51. The number of fused-ring (bicyclic) bond motifs is 1. The van der Waals surface area contributed by atoms with Gasteiger partial charge in [0.1, 0.15) is 5.01 Å². The molecule has 23 heavy (non-hydrogen) atoms. The van der Waals surface area contributed by atoms with E-state index < -0.39 is 17.5 Å². The van der Waals surface area contributed by atoms with Crippen molar-refractivity contribution >= 4 is 16.3 Å². The molecule has 0 fully saturated rings. The first-order chi connectivity index (χ1) is 11.1. The van der Waals surface area contributed by atoms with Crippen molar-refractivity contribution in [2.75, 3.05) is 0 Å². The molecule has 3 aromatic heterocycles. The lowest BCUT2D eigenvalue weighted by atomic mass is 10.2. The summed E-state index contributed by atoms with van der Waals surface area (Å²) in [4.78, 5) is 4.45. The first-order valence-electron chi connectivity index (χ1n) is 6.41. The Morgan fingerprint density at radius 1 is 1.00 bits per heavy atom. The highest BCUT2D eigenvalue weighted by molar-refractivity contribution is 7.19. The van der Waals surface area contributed by atoms with E-state index in [2.05, 4.69) is 20.3 Å². The van der Waals surface area contributed by atoms with E-state index in [1.54, 1.807) is 24.5 Å².